The summed E-state index contributed by atoms with van der Waals surface area (Å²) < 4.78 is 10.1. The third-order valence-electron chi connectivity index (χ3n) is 1.33. The Morgan fingerprint density at radius 2 is 2.00 bits per heavy atom. The first-order chi connectivity index (χ1) is 6.18. The molecule has 0 saturated carbocycles. The van der Waals surface area contributed by atoms with Crippen LogP contribution < -0.4 is 0 Å². The van der Waals surface area contributed by atoms with E-state index in [0.29, 0.717) is 0 Å². The lowest BCUT2D eigenvalue weighted by Crippen LogP contribution is -1.80. The van der Waals surface area contributed by atoms with E-state index in [2.05, 4.69) is 18.1 Å². The summed E-state index contributed by atoms with van der Waals surface area (Å²) in [5.74, 6) is 3.02. The van der Waals surface area contributed by atoms with Crippen LogP contribution in [0.1, 0.15) is 26.2 Å². The molecule has 0 aromatic carbocycles. The molecule has 0 fully saturated rings. The fraction of sp³-hybridized carbons (Fsp3) is 0.750. The molecule has 0 aliphatic carbocycles. The summed E-state index contributed by atoms with van der Waals surface area (Å²) in [7, 11) is 3.12. The lowest BCUT2D eigenvalue weighted by Gasteiger charge is -2.11. The van der Waals surface area contributed by atoms with Crippen molar-refractivity contribution in [3.05, 3.63) is 0 Å². The smallest absolute Gasteiger partial charge is 0.259 e. The second-order valence-corrected chi connectivity index (χ2v) is 8.42. The largest absolute Gasteiger partial charge is 0.324 e. The Balaban J connectivity index is 3.82. The van der Waals surface area contributed by atoms with Crippen LogP contribution in [0.4, 0.5) is 0 Å². The molecule has 13 heavy (non-hydrogen) atoms. The van der Waals surface area contributed by atoms with Gasteiger partial charge in [-0.2, -0.15) is 0 Å². The van der Waals surface area contributed by atoms with Crippen molar-refractivity contribution in [2.45, 2.75) is 26.2 Å². The van der Waals surface area contributed by atoms with Gasteiger partial charge < -0.3 is 9.05 Å². The van der Waals surface area contributed by atoms with Crippen molar-refractivity contribution in [2.75, 3.05) is 14.2 Å². The van der Waals surface area contributed by atoms with E-state index in [1.165, 1.54) is 17.8 Å². The highest BCUT2D eigenvalue weighted by atomic mass is 32.9. The molecular formula is C8H15O2PS2. The fourth-order valence-corrected chi connectivity index (χ4v) is 2.44. The van der Waals surface area contributed by atoms with Crippen LogP contribution in [0.15, 0.2) is 0 Å². The average Bonchev–Trinajstić information content (AvgIpc) is 2.17. The molecule has 76 valence electrons. The topological polar surface area (TPSA) is 18.5 Å². The maximum absolute atomic E-state index is 5.11. The number of rotatable bonds is 5. The van der Waals surface area contributed by atoms with Gasteiger partial charge in [-0.25, -0.2) is 0 Å². The third-order valence-corrected chi connectivity index (χ3v) is 6.09. The van der Waals surface area contributed by atoms with Crippen molar-refractivity contribution in [1.29, 1.82) is 0 Å². The molecule has 0 spiro atoms. The zero-order chi connectivity index (χ0) is 10.2. The minimum atomic E-state index is -2.15. The standard InChI is InChI=1S/C8H15O2PS2/c1-4-5-6-7-8-13-11(12,9-2)10-3/h4-6H2,1-3H3. The van der Waals surface area contributed by atoms with Crippen molar-refractivity contribution in [1.82, 2.24) is 0 Å². The molecule has 0 aliphatic heterocycles. The van der Waals surface area contributed by atoms with E-state index in [9.17, 15) is 0 Å². The molecule has 0 aliphatic rings. The van der Waals surface area contributed by atoms with Crippen molar-refractivity contribution in [3.8, 4) is 11.2 Å². The number of hydrogen-bond acceptors (Lipinski definition) is 4. The molecule has 0 bridgehead atoms. The Kier molecular flexibility index (Phi) is 8.13. The van der Waals surface area contributed by atoms with Gasteiger partial charge in [0.1, 0.15) is 0 Å². The normalized spacial score (nSPS) is 10.7. The first-order valence-corrected chi connectivity index (χ1v) is 8.12. The Morgan fingerprint density at radius 1 is 1.38 bits per heavy atom. The first-order valence-electron chi connectivity index (χ1n) is 4.06. The van der Waals surface area contributed by atoms with Gasteiger partial charge in [0, 0.05) is 32.0 Å². The van der Waals surface area contributed by atoms with Crippen LogP contribution in [0.2, 0.25) is 0 Å². The predicted molar refractivity (Wildman–Crippen MR) is 63.2 cm³/mol. The Hall–Kier alpha value is 0.480. The van der Waals surface area contributed by atoms with Crippen LogP contribution in [0.25, 0.3) is 0 Å². The molecule has 0 unspecified atom stereocenters. The van der Waals surface area contributed by atoms with Gasteiger partial charge in [0.15, 0.2) is 0 Å². The van der Waals surface area contributed by atoms with E-state index < -0.39 is 5.69 Å². The lowest BCUT2D eigenvalue weighted by atomic mass is 10.3. The molecule has 5 heteroatoms. The molecule has 0 amide bonds. The molecule has 0 radical (unpaired) electrons. The molecule has 0 aromatic heterocycles. The lowest BCUT2D eigenvalue weighted by molar-refractivity contribution is 0.354. The quantitative estimate of drug-likeness (QED) is 0.415. The van der Waals surface area contributed by atoms with Gasteiger partial charge in [-0.1, -0.05) is 19.3 Å². The minimum Gasteiger partial charge on any atom is -0.324 e. The van der Waals surface area contributed by atoms with E-state index in [0.717, 1.165) is 12.8 Å². The van der Waals surface area contributed by atoms with Crippen LogP contribution in [0.3, 0.4) is 0 Å². The zero-order valence-electron chi connectivity index (χ0n) is 8.20. The average molecular weight is 238 g/mol. The number of unbranched alkanes of at least 4 members (excludes halogenated alkanes) is 2. The molecule has 2 nitrogen and oxygen atoms in total. The van der Waals surface area contributed by atoms with Gasteiger partial charge in [0.05, 0.1) is 0 Å². The van der Waals surface area contributed by atoms with Crippen molar-refractivity contribution >= 4 is 28.9 Å². The Labute approximate surface area is 89.7 Å². The first kappa shape index (κ1) is 13.5. The molecule has 0 aromatic rings. The van der Waals surface area contributed by atoms with Crippen molar-refractivity contribution < 1.29 is 9.05 Å². The maximum atomic E-state index is 5.11. The van der Waals surface area contributed by atoms with E-state index in [4.69, 9.17) is 20.9 Å². The van der Waals surface area contributed by atoms with Crippen LogP contribution in [0, 0.1) is 11.2 Å². The fourth-order valence-electron chi connectivity index (χ4n) is 0.553. The Bertz CT molecular complexity index is 224. The molecule has 0 heterocycles. The van der Waals surface area contributed by atoms with E-state index in [-0.39, 0.29) is 0 Å². The molecular weight excluding hydrogens is 223 g/mol. The molecule has 0 atom stereocenters. The molecule has 0 saturated heterocycles. The highest BCUT2D eigenvalue weighted by Gasteiger charge is 2.13. The van der Waals surface area contributed by atoms with Gasteiger partial charge in [-0.05, 0) is 23.5 Å². The Morgan fingerprint density at radius 3 is 2.46 bits per heavy atom. The van der Waals surface area contributed by atoms with Crippen LogP contribution in [-0.4, -0.2) is 14.2 Å². The second-order valence-electron chi connectivity index (χ2n) is 2.29. The third kappa shape index (κ3) is 6.54. The van der Waals surface area contributed by atoms with Gasteiger partial charge >= 0.3 is 0 Å². The predicted octanol–water partition coefficient (Wildman–Crippen LogP) is 3.39. The second kappa shape index (κ2) is 7.84. The SMILES string of the molecule is CCCCC#CSP(=S)(OC)OC. The van der Waals surface area contributed by atoms with E-state index >= 15 is 0 Å². The van der Waals surface area contributed by atoms with Gasteiger partial charge in [0.25, 0.3) is 5.69 Å². The van der Waals surface area contributed by atoms with Crippen molar-refractivity contribution in [2.24, 2.45) is 0 Å². The summed E-state index contributed by atoms with van der Waals surface area (Å²) in [5, 5.41) is 2.92. The summed E-state index contributed by atoms with van der Waals surface area (Å²) in [6, 6.07) is 0. The number of hydrogen-bond donors (Lipinski definition) is 0. The molecule has 0 N–H and O–H groups in total. The minimum absolute atomic E-state index is 0.923. The van der Waals surface area contributed by atoms with Crippen LogP contribution >= 0.6 is 17.1 Å². The monoisotopic (exact) mass is 238 g/mol. The summed E-state index contributed by atoms with van der Waals surface area (Å²) in [4.78, 5) is 0. The summed E-state index contributed by atoms with van der Waals surface area (Å²) in [5.41, 5.74) is -2.15. The van der Waals surface area contributed by atoms with Gasteiger partial charge in [-0.15, -0.1) is 0 Å². The van der Waals surface area contributed by atoms with Crippen LogP contribution in [0.5, 0.6) is 0 Å². The summed E-state index contributed by atoms with van der Waals surface area (Å²) in [6.07, 6.45) is 3.23. The van der Waals surface area contributed by atoms with Crippen molar-refractivity contribution in [3.63, 3.8) is 0 Å². The van der Waals surface area contributed by atoms with Crippen LogP contribution in [-0.2, 0) is 20.9 Å². The molecule has 0 rings (SSSR count). The summed E-state index contributed by atoms with van der Waals surface area (Å²) >= 11 is 6.40. The van der Waals surface area contributed by atoms with Gasteiger partial charge in [-0.3, -0.25) is 0 Å². The summed E-state index contributed by atoms with van der Waals surface area (Å²) in [6.45, 7) is 2.14. The van der Waals surface area contributed by atoms with E-state index in [1.54, 1.807) is 14.2 Å². The highest BCUT2D eigenvalue weighted by Crippen LogP contribution is 2.59. The van der Waals surface area contributed by atoms with Gasteiger partial charge in [0.2, 0.25) is 0 Å². The highest BCUT2D eigenvalue weighted by molar-refractivity contribution is 8.69. The maximum Gasteiger partial charge on any atom is 0.259 e. The zero-order valence-corrected chi connectivity index (χ0v) is 10.7. The van der Waals surface area contributed by atoms with E-state index in [1.807, 2.05) is 0 Å².